The third kappa shape index (κ3) is 5.77. The maximum absolute atomic E-state index is 6.20. The summed E-state index contributed by atoms with van der Waals surface area (Å²) in [6.45, 7) is 7.07. The van der Waals surface area contributed by atoms with Crippen LogP contribution in [0.4, 0.5) is 0 Å². The molecule has 2 aliphatic rings. The monoisotopic (exact) mass is 462 g/mol. The highest BCUT2D eigenvalue weighted by atomic mass is 127. The van der Waals surface area contributed by atoms with Crippen molar-refractivity contribution in [2.75, 3.05) is 26.2 Å². The Morgan fingerprint density at radius 2 is 2.04 bits per heavy atom. The number of likely N-dealkylation sites (tertiary alicyclic amines) is 1. The normalized spacial score (nSPS) is 21.4. The third-order valence-corrected chi connectivity index (χ3v) is 5.02. The highest BCUT2D eigenvalue weighted by Crippen LogP contribution is 2.31. The summed E-state index contributed by atoms with van der Waals surface area (Å²) in [5, 5.41) is 7.61. The average Bonchev–Trinajstić information content (AvgIpc) is 3.30. The smallest absolute Gasteiger partial charge is 0.191 e. The van der Waals surface area contributed by atoms with Crippen LogP contribution in [-0.2, 0) is 6.54 Å². The van der Waals surface area contributed by atoms with Crippen molar-refractivity contribution < 1.29 is 0 Å². The van der Waals surface area contributed by atoms with E-state index < -0.39 is 0 Å². The number of nitrogens with one attached hydrogen (secondary N) is 2. The lowest BCUT2D eigenvalue weighted by atomic mass is 10.1. The first-order valence-electron chi connectivity index (χ1n) is 8.76. The second kappa shape index (κ2) is 9.82. The summed E-state index contributed by atoms with van der Waals surface area (Å²) in [4.78, 5) is 7.32. The summed E-state index contributed by atoms with van der Waals surface area (Å²) >= 11 is 6.20. The van der Waals surface area contributed by atoms with E-state index in [0.717, 1.165) is 41.6 Å². The number of halogens is 2. The average molecular weight is 463 g/mol. The van der Waals surface area contributed by atoms with Crippen LogP contribution in [0.3, 0.4) is 0 Å². The molecule has 0 amide bonds. The zero-order valence-electron chi connectivity index (χ0n) is 14.3. The minimum absolute atomic E-state index is 0. The van der Waals surface area contributed by atoms with Crippen LogP contribution in [-0.4, -0.2) is 43.1 Å². The number of benzene rings is 1. The molecule has 0 aromatic heterocycles. The molecule has 2 N–H and O–H groups in total. The van der Waals surface area contributed by atoms with Gasteiger partial charge in [0.1, 0.15) is 0 Å². The molecule has 1 unspecified atom stereocenters. The Bertz CT molecular complexity index is 548. The van der Waals surface area contributed by atoms with E-state index in [9.17, 15) is 0 Å². The molecule has 1 saturated carbocycles. The van der Waals surface area contributed by atoms with Crippen LogP contribution in [0, 0.1) is 5.92 Å². The molecule has 0 spiro atoms. The van der Waals surface area contributed by atoms with E-state index in [1.54, 1.807) is 0 Å². The lowest BCUT2D eigenvalue weighted by Gasteiger charge is -2.17. The molecule has 3 rings (SSSR count). The molecule has 6 heteroatoms. The Balaban J connectivity index is 0.00000208. The maximum Gasteiger partial charge on any atom is 0.191 e. The van der Waals surface area contributed by atoms with Gasteiger partial charge in [0.2, 0.25) is 0 Å². The number of guanidine groups is 1. The Morgan fingerprint density at radius 1 is 1.25 bits per heavy atom. The topological polar surface area (TPSA) is 39.7 Å². The summed E-state index contributed by atoms with van der Waals surface area (Å²) in [5.41, 5.74) is 1.06. The van der Waals surface area contributed by atoms with Gasteiger partial charge in [-0.1, -0.05) is 29.8 Å². The van der Waals surface area contributed by atoms with Crippen molar-refractivity contribution in [3.8, 4) is 0 Å². The first-order chi connectivity index (χ1) is 11.3. The third-order valence-electron chi connectivity index (χ3n) is 4.65. The zero-order chi connectivity index (χ0) is 16.1. The quantitative estimate of drug-likeness (QED) is 0.386. The van der Waals surface area contributed by atoms with Gasteiger partial charge in [-0.25, -0.2) is 4.99 Å². The van der Waals surface area contributed by atoms with Crippen LogP contribution in [0.2, 0.25) is 5.02 Å². The molecule has 1 atom stereocenters. The van der Waals surface area contributed by atoms with Gasteiger partial charge in [-0.2, -0.15) is 0 Å². The molecular formula is C18H28ClIN4. The molecule has 1 saturated heterocycles. The highest BCUT2D eigenvalue weighted by Gasteiger charge is 2.34. The van der Waals surface area contributed by atoms with Crippen molar-refractivity contribution in [3.05, 3.63) is 34.9 Å². The fourth-order valence-corrected chi connectivity index (χ4v) is 3.37. The standard InChI is InChI=1S/C18H27ClN4.HI/c1-2-20-18(22-12-15-5-3-4-6-17(15)19)21-11-14-9-10-23(13-14)16-7-8-16;/h3-6,14,16H,2,7-13H2,1H3,(H2,20,21,22);1H. The molecule has 1 aromatic carbocycles. The van der Waals surface area contributed by atoms with E-state index in [4.69, 9.17) is 11.6 Å². The molecule has 24 heavy (non-hydrogen) atoms. The predicted octanol–water partition coefficient (Wildman–Crippen LogP) is 3.50. The van der Waals surface area contributed by atoms with Crippen molar-refractivity contribution in [2.45, 2.75) is 38.8 Å². The lowest BCUT2D eigenvalue weighted by molar-refractivity contribution is 0.314. The summed E-state index contributed by atoms with van der Waals surface area (Å²) < 4.78 is 0. The minimum atomic E-state index is 0. The van der Waals surface area contributed by atoms with Crippen molar-refractivity contribution in [3.63, 3.8) is 0 Å². The number of rotatable bonds is 6. The predicted molar refractivity (Wildman–Crippen MR) is 112 cm³/mol. The Morgan fingerprint density at radius 3 is 2.75 bits per heavy atom. The van der Waals surface area contributed by atoms with Crippen molar-refractivity contribution in [1.29, 1.82) is 0 Å². The molecule has 134 valence electrons. The molecule has 2 fully saturated rings. The van der Waals surface area contributed by atoms with Crippen molar-refractivity contribution >= 4 is 41.5 Å². The van der Waals surface area contributed by atoms with Crippen LogP contribution < -0.4 is 10.6 Å². The molecule has 1 aliphatic carbocycles. The Kier molecular flexibility index (Phi) is 8.10. The minimum Gasteiger partial charge on any atom is -0.357 e. The first-order valence-corrected chi connectivity index (χ1v) is 9.13. The van der Waals surface area contributed by atoms with E-state index in [1.165, 1.54) is 32.4 Å². The second-order valence-corrected chi connectivity index (χ2v) is 6.96. The van der Waals surface area contributed by atoms with Gasteiger partial charge in [-0.3, -0.25) is 0 Å². The lowest BCUT2D eigenvalue weighted by Crippen LogP contribution is -2.40. The van der Waals surface area contributed by atoms with Crippen LogP contribution >= 0.6 is 35.6 Å². The van der Waals surface area contributed by atoms with Gasteiger partial charge >= 0.3 is 0 Å². The molecule has 1 heterocycles. The van der Waals surface area contributed by atoms with Crippen molar-refractivity contribution in [2.24, 2.45) is 10.9 Å². The van der Waals surface area contributed by atoms with Gasteiger partial charge in [-0.05, 0) is 50.3 Å². The Hall–Kier alpha value is -0.530. The summed E-state index contributed by atoms with van der Waals surface area (Å²) in [6, 6.07) is 8.78. The molecule has 0 radical (unpaired) electrons. The summed E-state index contributed by atoms with van der Waals surface area (Å²) in [5.74, 6) is 1.62. The number of aliphatic imine (C=N–C) groups is 1. The Labute approximate surface area is 167 Å². The molecular weight excluding hydrogens is 435 g/mol. The molecule has 4 nitrogen and oxygen atoms in total. The van der Waals surface area contributed by atoms with Gasteiger partial charge in [0, 0.05) is 30.7 Å². The van der Waals surface area contributed by atoms with Crippen LogP contribution in [0.5, 0.6) is 0 Å². The van der Waals surface area contributed by atoms with Crippen molar-refractivity contribution in [1.82, 2.24) is 15.5 Å². The van der Waals surface area contributed by atoms with E-state index in [2.05, 4.69) is 27.4 Å². The van der Waals surface area contributed by atoms with Gasteiger partial charge in [0.25, 0.3) is 0 Å². The van der Waals surface area contributed by atoms with E-state index in [1.807, 2.05) is 24.3 Å². The maximum atomic E-state index is 6.20. The number of hydrogen-bond acceptors (Lipinski definition) is 2. The molecule has 1 aromatic rings. The van der Waals surface area contributed by atoms with Gasteiger partial charge in [0.05, 0.1) is 6.54 Å². The summed E-state index contributed by atoms with van der Waals surface area (Å²) in [7, 11) is 0. The van der Waals surface area contributed by atoms with Crippen LogP contribution in [0.15, 0.2) is 29.3 Å². The SMILES string of the molecule is CCNC(=NCc1ccccc1Cl)NCC1CCN(C2CC2)C1.I. The molecule has 1 aliphatic heterocycles. The van der Waals surface area contributed by atoms with Crippen LogP contribution in [0.25, 0.3) is 0 Å². The van der Waals surface area contributed by atoms with Gasteiger partial charge in [-0.15, -0.1) is 24.0 Å². The number of hydrogen-bond donors (Lipinski definition) is 2. The van der Waals surface area contributed by atoms with E-state index in [0.29, 0.717) is 6.54 Å². The molecule has 0 bridgehead atoms. The second-order valence-electron chi connectivity index (χ2n) is 6.55. The largest absolute Gasteiger partial charge is 0.357 e. The fourth-order valence-electron chi connectivity index (χ4n) is 3.17. The highest BCUT2D eigenvalue weighted by molar-refractivity contribution is 14.0. The van der Waals surface area contributed by atoms with E-state index in [-0.39, 0.29) is 24.0 Å². The first kappa shape index (κ1) is 19.8. The van der Waals surface area contributed by atoms with Crippen LogP contribution in [0.1, 0.15) is 31.7 Å². The number of nitrogens with zero attached hydrogens (tertiary/aromatic N) is 2. The fraction of sp³-hybridized carbons (Fsp3) is 0.611. The van der Waals surface area contributed by atoms with Gasteiger partial charge in [0.15, 0.2) is 5.96 Å². The summed E-state index contributed by atoms with van der Waals surface area (Å²) in [6.07, 6.45) is 4.11. The zero-order valence-corrected chi connectivity index (χ0v) is 17.4. The van der Waals surface area contributed by atoms with Gasteiger partial charge < -0.3 is 15.5 Å². The van der Waals surface area contributed by atoms with E-state index >= 15 is 0 Å².